The first kappa shape index (κ1) is 24.4. The molecule has 34 heavy (non-hydrogen) atoms. The number of benzene rings is 1. The summed E-state index contributed by atoms with van der Waals surface area (Å²) in [6.45, 7) is 11.1. The molecule has 4 rings (SSSR count). The lowest BCUT2D eigenvalue weighted by Gasteiger charge is -2.23. The lowest BCUT2D eigenvalue weighted by molar-refractivity contribution is 0.0592. The number of morpholine rings is 1. The second-order valence-corrected chi connectivity index (χ2v) is 15.2. The second-order valence-electron chi connectivity index (χ2n) is 9.56. The van der Waals surface area contributed by atoms with Crippen molar-refractivity contribution in [1.29, 1.82) is 0 Å². The zero-order valence-corrected chi connectivity index (χ0v) is 21.2. The molecule has 0 amide bonds. The maximum Gasteiger partial charge on any atom is 0.219 e. The zero-order chi connectivity index (χ0) is 23.8. The fraction of sp³-hybridized carbons (Fsp3) is 0.440. The normalized spacial score (nSPS) is 16.4. The van der Waals surface area contributed by atoms with E-state index < -0.39 is 8.07 Å². The van der Waals surface area contributed by atoms with Crippen LogP contribution in [-0.2, 0) is 16.2 Å². The molecule has 1 aromatic carbocycles. The summed E-state index contributed by atoms with van der Waals surface area (Å²) in [5, 5.41) is 7.77. The molecule has 0 bridgehead atoms. The van der Waals surface area contributed by atoms with Crippen molar-refractivity contribution in [3.63, 3.8) is 0 Å². The van der Waals surface area contributed by atoms with Crippen LogP contribution < -0.4 is 14.8 Å². The van der Waals surface area contributed by atoms with Gasteiger partial charge in [-0.3, -0.25) is 0 Å². The maximum atomic E-state index is 5.90. The van der Waals surface area contributed by atoms with Crippen molar-refractivity contribution in [3.05, 3.63) is 54.9 Å². The summed E-state index contributed by atoms with van der Waals surface area (Å²) in [5.41, 5.74) is 1.93. The van der Waals surface area contributed by atoms with Crippen molar-refractivity contribution >= 4 is 8.07 Å². The van der Waals surface area contributed by atoms with Gasteiger partial charge in [0.1, 0.15) is 24.8 Å². The molecule has 9 heteroatoms. The third-order valence-electron chi connectivity index (χ3n) is 5.45. The van der Waals surface area contributed by atoms with Crippen LogP contribution in [0.2, 0.25) is 25.7 Å². The number of ether oxygens (including phenoxy) is 4. The molecule has 1 aliphatic rings. The van der Waals surface area contributed by atoms with E-state index in [1.807, 2.05) is 47.1 Å². The monoisotopic (exact) mass is 482 g/mol. The van der Waals surface area contributed by atoms with Crippen LogP contribution in [0.15, 0.2) is 54.9 Å². The van der Waals surface area contributed by atoms with Crippen LogP contribution in [0.5, 0.6) is 17.4 Å². The molecule has 3 heterocycles. The van der Waals surface area contributed by atoms with E-state index in [2.05, 4.69) is 35.0 Å². The SMILES string of the molecule is C[Si](C)(C)CCOCn1nccc1-c1ccc(Oc2ccc(OCC3COCCN3)cc2)nc1. The average Bonchev–Trinajstić information content (AvgIpc) is 3.31. The van der Waals surface area contributed by atoms with Gasteiger partial charge in [-0.05, 0) is 42.4 Å². The molecule has 1 aliphatic heterocycles. The van der Waals surface area contributed by atoms with Gasteiger partial charge < -0.3 is 24.3 Å². The van der Waals surface area contributed by atoms with Crippen molar-refractivity contribution in [2.75, 3.05) is 33.0 Å². The van der Waals surface area contributed by atoms with Gasteiger partial charge in [0.2, 0.25) is 5.88 Å². The van der Waals surface area contributed by atoms with E-state index in [9.17, 15) is 0 Å². The first-order valence-corrected chi connectivity index (χ1v) is 15.4. The quantitative estimate of drug-likeness (QED) is 0.320. The lowest BCUT2D eigenvalue weighted by Crippen LogP contribution is -2.44. The number of hydrogen-bond acceptors (Lipinski definition) is 7. The smallest absolute Gasteiger partial charge is 0.219 e. The molecule has 1 fully saturated rings. The van der Waals surface area contributed by atoms with Gasteiger partial charge in [-0.15, -0.1) is 0 Å². The minimum Gasteiger partial charge on any atom is -0.492 e. The number of aromatic nitrogens is 3. The van der Waals surface area contributed by atoms with Crippen molar-refractivity contribution in [2.45, 2.75) is 38.5 Å². The van der Waals surface area contributed by atoms with Gasteiger partial charge in [-0.25, -0.2) is 9.67 Å². The Morgan fingerprint density at radius 2 is 1.91 bits per heavy atom. The van der Waals surface area contributed by atoms with Crippen LogP contribution in [0, 0.1) is 0 Å². The third kappa shape index (κ3) is 7.39. The van der Waals surface area contributed by atoms with Crippen LogP contribution in [0.4, 0.5) is 0 Å². The highest BCUT2D eigenvalue weighted by Gasteiger charge is 2.14. The Hall–Kier alpha value is -2.72. The number of nitrogens with zero attached hydrogens (tertiary/aromatic N) is 3. The molecule has 2 aromatic heterocycles. The molecule has 0 saturated carbocycles. The molecule has 8 nitrogen and oxygen atoms in total. The van der Waals surface area contributed by atoms with Crippen LogP contribution in [0.3, 0.4) is 0 Å². The van der Waals surface area contributed by atoms with Gasteiger partial charge in [0.15, 0.2) is 0 Å². The van der Waals surface area contributed by atoms with Gasteiger partial charge >= 0.3 is 0 Å². The summed E-state index contributed by atoms with van der Waals surface area (Å²) < 4.78 is 24.9. The van der Waals surface area contributed by atoms with Crippen molar-refractivity contribution in [3.8, 4) is 28.6 Å². The van der Waals surface area contributed by atoms with E-state index in [1.165, 1.54) is 0 Å². The number of rotatable bonds is 11. The molecule has 0 aliphatic carbocycles. The zero-order valence-electron chi connectivity index (χ0n) is 20.2. The summed E-state index contributed by atoms with van der Waals surface area (Å²) in [6, 6.07) is 14.7. The minimum absolute atomic E-state index is 0.223. The first-order chi connectivity index (χ1) is 16.5. The van der Waals surface area contributed by atoms with Crippen molar-refractivity contribution in [1.82, 2.24) is 20.1 Å². The van der Waals surface area contributed by atoms with E-state index in [1.54, 1.807) is 12.4 Å². The standard InChI is InChI=1S/C25H34N4O4Si/c1-34(2,3)15-14-31-19-29-24(10-11-28-29)20-4-9-25(27-16-20)33-23-7-5-22(6-8-23)32-18-21-17-30-13-12-26-21/h4-11,16,21,26H,12-15,17-19H2,1-3H3. The Bertz CT molecular complexity index is 1010. The average molecular weight is 483 g/mol. The van der Waals surface area contributed by atoms with Gasteiger partial charge in [-0.2, -0.15) is 5.10 Å². The molecule has 1 N–H and O–H groups in total. The van der Waals surface area contributed by atoms with E-state index in [4.69, 9.17) is 18.9 Å². The number of hydrogen-bond donors (Lipinski definition) is 1. The minimum atomic E-state index is -1.10. The van der Waals surface area contributed by atoms with Gasteiger partial charge in [0.25, 0.3) is 0 Å². The molecule has 0 spiro atoms. The van der Waals surface area contributed by atoms with Crippen LogP contribution in [-0.4, -0.2) is 61.9 Å². The van der Waals surface area contributed by atoms with Crippen molar-refractivity contribution in [2.24, 2.45) is 0 Å². The van der Waals surface area contributed by atoms with Crippen LogP contribution in [0.25, 0.3) is 11.3 Å². The Kier molecular flexibility index (Phi) is 8.33. The highest BCUT2D eigenvalue weighted by Crippen LogP contribution is 2.25. The van der Waals surface area contributed by atoms with E-state index in [0.29, 0.717) is 31.6 Å². The Morgan fingerprint density at radius 3 is 2.62 bits per heavy atom. The molecular formula is C25H34N4O4Si. The van der Waals surface area contributed by atoms with Crippen molar-refractivity contribution < 1.29 is 18.9 Å². The van der Waals surface area contributed by atoms with E-state index in [0.717, 1.165) is 42.8 Å². The largest absolute Gasteiger partial charge is 0.492 e. The summed E-state index contributed by atoms with van der Waals surface area (Å²) >= 11 is 0. The number of nitrogens with one attached hydrogen (secondary N) is 1. The molecule has 0 radical (unpaired) electrons. The van der Waals surface area contributed by atoms with Crippen LogP contribution in [0.1, 0.15) is 0 Å². The summed E-state index contributed by atoms with van der Waals surface area (Å²) in [7, 11) is -1.10. The summed E-state index contributed by atoms with van der Waals surface area (Å²) in [4.78, 5) is 4.47. The highest BCUT2D eigenvalue weighted by molar-refractivity contribution is 6.76. The van der Waals surface area contributed by atoms with E-state index >= 15 is 0 Å². The predicted octanol–water partition coefficient (Wildman–Crippen LogP) is 4.42. The summed E-state index contributed by atoms with van der Waals surface area (Å²) in [6.07, 6.45) is 3.57. The maximum absolute atomic E-state index is 5.90. The van der Waals surface area contributed by atoms with Crippen LogP contribution >= 0.6 is 0 Å². The molecular weight excluding hydrogens is 448 g/mol. The Balaban J connectivity index is 1.28. The topological polar surface area (TPSA) is 79.7 Å². The second kappa shape index (κ2) is 11.6. The fourth-order valence-corrected chi connectivity index (χ4v) is 4.21. The molecule has 1 unspecified atom stereocenters. The summed E-state index contributed by atoms with van der Waals surface area (Å²) in [5.74, 6) is 2.02. The number of pyridine rings is 1. The highest BCUT2D eigenvalue weighted by atomic mass is 28.3. The predicted molar refractivity (Wildman–Crippen MR) is 134 cm³/mol. The Labute approximate surface area is 202 Å². The van der Waals surface area contributed by atoms with Gasteiger partial charge in [-0.1, -0.05) is 19.6 Å². The third-order valence-corrected chi connectivity index (χ3v) is 7.16. The lowest BCUT2D eigenvalue weighted by atomic mass is 10.2. The molecule has 182 valence electrons. The Morgan fingerprint density at radius 1 is 1.09 bits per heavy atom. The molecule has 1 atom stereocenters. The fourth-order valence-electron chi connectivity index (χ4n) is 3.45. The van der Waals surface area contributed by atoms with Gasteiger partial charge in [0, 0.05) is 45.2 Å². The molecule has 3 aromatic rings. The molecule has 1 saturated heterocycles. The van der Waals surface area contributed by atoms with E-state index in [-0.39, 0.29) is 6.04 Å². The van der Waals surface area contributed by atoms with Gasteiger partial charge in [0.05, 0.1) is 24.9 Å². The first-order valence-electron chi connectivity index (χ1n) is 11.7.